The second-order valence-corrected chi connectivity index (χ2v) is 23.2. The van der Waals surface area contributed by atoms with Gasteiger partial charge in [0.25, 0.3) is 27.5 Å². The van der Waals surface area contributed by atoms with Gasteiger partial charge in [-0.2, -0.15) is 4.98 Å². The van der Waals surface area contributed by atoms with Gasteiger partial charge < -0.3 is 39.8 Å². The number of carbonyl (C=O) groups is 1. The largest absolute Gasteiger partial charge is 0.489 e. The van der Waals surface area contributed by atoms with Gasteiger partial charge in [-0.3, -0.25) is 19.8 Å². The van der Waals surface area contributed by atoms with Gasteiger partial charge in [0, 0.05) is 73.7 Å². The third-order valence-corrected chi connectivity index (χ3v) is 17.7. The molecule has 3 saturated heterocycles. The van der Waals surface area contributed by atoms with Gasteiger partial charge in [0.15, 0.2) is 17.2 Å². The number of sulfonamides is 1. The van der Waals surface area contributed by atoms with E-state index in [0.717, 1.165) is 49.6 Å². The van der Waals surface area contributed by atoms with Crippen LogP contribution in [0.2, 0.25) is 0 Å². The van der Waals surface area contributed by atoms with Crippen molar-refractivity contribution in [2.24, 2.45) is 11.3 Å². The van der Waals surface area contributed by atoms with Crippen LogP contribution in [-0.4, -0.2) is 102 Å². The summed E-state index contributed by atoms with van der Waals surface area (Å²) in [5, 5.41) is 30.2. The maximum Gasteiger partial charge on any atom is 0.297 e. The number of benzene rings is 3. The van der Waals surface area contributed by atoms with E-state index in [-0.39, 0.29) is 64.5 Å². The predicted octanol–water partition coefficient (Wildman–Crippen LogP) is 8.56. The van der Waals surface area contributed by atoms with Gasteiger partial charge in [0.2, 0.25) is 0 Å². The Kier molecular flexibility index (Phi) is 12.4. The SMILES string of the molecule is CC(C)c1ccccc1[C@@H]1CCCN1C1CC2(CCN(c3ccc(C(=O)NS(=O)(=O)c4cc5c(c([N+](=O)[O-])c4)N[C@@H]([C@H]4CC[C@](C)(O)CC4)CO5)c(Oc4cc5cc[nH]c5nc4OC4CNC4)c3)CC2)C1. The van der Waals surface area contributed by atoms with Gasteiger partial charge in [0.05, 0.1) is 27.0 Å². The van der Waals surface area contributed by atoms with Crippen LogP contribution in [0.4, 0.5) is 17.1 Å². The van der Waals surface area contributed by atoms with Crippen LogP contribution in [0.3, 0.4) is 0 Å². The summed E-state index contributed by atoms with van der Waals surface area (Å²) in [6.07, 6.45) is 11.0. The number of aromatic nitrogens is 2. The molecule has 18 heteroatoms. The number of aliphatic hydroxyl groups is 1. The maximum absolute atomic E-state index is 14.4. The molecule has 6 heterocycles. The van der Waals surface area contributed by atoms with E-state index in [9.17, 15) is 28.4 Å². The van der Waals surface area contributed by atoms with E-state index in [1.807, 2.05) is 19.1 Å². The van der Waals surface area contributed by atoms with Gasteiger partial charge in [0.1, 0.15) is 24.1 Å². The number of nitro groups is 1. The number of H-pyrrole nitrogens is 1. The Morgan fingerprint density at radius 3 is 2.49 bits per heavy atom. The summed E-state index contributed by atoms with van der Waals surface area (Å²) < 4.78 is 49.4. The van der Waals surface area contributed by atoms with Crippen molar-refractivity contribution in [3.8, 4) is 23.1 Å². The number of hydrogen-bond donors (Lipinski definition) is 5. The van der Waals surface area contributed by atoms with Crippen molar-refractivity contribution in [1.29, 1.82) is 0 Å². The number of nitrogens with zero attached hydrogens (tertiary/aromatic N) is 4. The number of pyridine rings is 1. The molecule has 4 aliphatic heterocycles. The van der Waals surface area contributed by atoms with Crippen LogP contribution in [0, 0.1) is 21.4 Å². The van der Waals surface area contributed by atoms with Crippen LogP contribution in [0.25, 0.3) is 11.0 Å². The third-order valence-electron chi connectivity index (χ3n) is 16.4. The Bertz CT molecular complexity index is 2950. The number of aromatic amines is 1. The van der Waals surface area contributed by atoms with Crippen molar-refractivity contribution in [3.63, 3.8) is 0 Å². The van der Waals surface area contributed by atoms with Crippen LogP contribution in [-0.2, 0) is 10.0 Å². The van der Waals surface area contributed by atoms with Crippen molar-refractivity contribution in [2.45, 2.75) is 126 Å². The van der Waals surface area contributed by atoms with E-state index >= 15 is 0 Å². The highest BCUT2D eigenvalue weighted by Gasteiger charge is 2.50. The number of ether oxygens (including phenoxy) is 3. The Balaban J connectivity index is 0.837. The average Bonchev–Trinajstić information content (AvgIpc) is 4.01. The normalized spacial score (nSPS) is 24.7. The molecule has 2 aromatic heterocycles. The van der Waals surface area contributed by atoms with E-state index in [4.69, 9.17) is 19.2 Å². The first kappa shape index (κ1) is 47.4. The summed E-state index contributed by atoms with van der Waals surface area (Å²) >= 11 is 0. The molecule has 5 fully saturated rings. The fourth-order valence-corrected chi connectivity index (χ4v) is 13.1. The van der Waals surface area contributed by atoms with Gasteiger partial charge >= 0.3 is 0 Å². The zero-order valence-corrected chi connectivity index (χ0v) is 41.4. The molecule has 2 atom stereocenters. The third kappa shape index (κ3) is 9.39. The fourth-order valence-electron chi connectivity index (χ4n) is 12.1. The summed E-state index contributed by atoms with van der Waals surface area (Å²) in [5.74, 6) is 0.142. The molecule has 5 N–H and O–H groups in total. The maximum atomic E-state index is 14.4. The van der Waals surface area contributed by atoms with Crippen LogP contribution < -0.4 is 34.5 Å². The highest BCUT2D eigenvalue weighted by Crippen LogP contribution is 2.54. The molecular weight excluding hydrogens is 925 g/mol. The Labute approximate surface area is 414 Å². The van der Waals surface area contributed by atoms with Crippen LogP contribution >= 0.6 is 0 Å². The molecule has 1 amide bonds. The number of fused-ring (bicyclic) bond motifs is 2. The summed E-state index contributed by atoms with van der Waals surface area (Å²) in [5.41, 5.74) is 3.38. The molecule has 0 unspecified atom stereocenters. The summed E-state index contributed by atoms with van der Waals surface area (Å²) in [6.45, 7) is 10.5. The minimum absolute atomic E-state index is 0.00492. The number of piperidine rings is 1. The molecular formula is C53H64N8O9S. The first-order valence-electron chi connectivity index (χ1n) is 25.4. The Morgan fingerprint density at radius 2 is 1.76 bits per heavy atom. The van der Waals surface area contributed by atoms with Gasteiger partial charge in [-0.1, -0.05) is 38.1 Å². The molecule has 376 valence electrons. The van der Waals surface area contributed by atoms with Crippen molar-refractivity contribution in [3.05, 3.63) is 99.7 Å². The molecule has 5 aromatic rings. The molecule has 17 nitrogen and oxygen atoms in total. The summed E-state index contributed by atoms with van der Waals surface area (Å²) in [4.78, 5) is 38.6. The van der Waals surface area contributed by atoms with Gasteiger partial charge in [-0.15, -0.1) is 0 Å². The molecule has 3 aromatic carbocycles. The zero-order chi connectivity index (χ0) is 49.2. The van der Waals surface area contributed by atoms with Crippen molar-refractivity contribution in [2.75, 3.05) is 49.5 Å². The summed E-state index contributed by atoms with van der Waals surface area (Å²) in [6, 6.07) is 20.7. The number of nitro benzene ring substituents is 1. The van der Waals surface area contributed by atoms with Crippen LogP contribution in [0.5, 0.6) is 23.1 Å². The molecule has 11 rings (SSSR count). The fraction of sp³-hybridized carbons (Fsp3) is 0.509. The quantitative estimate of drug-likeness (QED) is 0.0553. The topological polar surface area (TPSA) is 214 Å². The second-order valence-electron chi connectivity index (χ2n) is 21.5. The lowest BCUT2D eigenvalue weighted by Crippen LogP contribution is -2.54. The minimum atomic E-state index is -4.71. The monoisotopic (exact) mass is 988 g/mol. The van der Waals surface area contributed by atoms with Crippen LogP contribution in [0.1, 0.15) is 118 Å². The highest BCUT2D eigenvalue weighted by atomic mass is 32.2. The number of amides is 1. The Morgan fingerprint density at radius 1 is 0.986 bits per heavy atom. The number of likely N-dealkylation sites (tertiary alicyclic amines) is 1. The van der Waals surface area contributed by atoms with E-state index < -0.39 is 37.0 Å². The lowest BCUT2D eigenvalue weighted by molar-refractivity contribution is -0.384. The molecule has 2 saturated carbocycles. The second kappa shape index (κ2) is 18.6. The van der Waals surface area contributed by atoms with E-state index in [2.05, 4.69) is 68.3 Å². The Hall–Kier alpha value is -5.95. The first-order valence-corrected chi connectivity index (χ1v) is 26.9. The standard InChI is InChI=1S/C53H64N8O9S/c1-32(2)39-7-4-5-8-40(39)43-9-6-20-60(43)36-27-53(28-36)17-21-59(22-18-53)35-10-11-41(45(24-35)70-47-23-34-14-19-55-49(34)57-51(47)69-37-29-54-30-37)50(62)58-71(66,67)38-25-44(61(64)65)48-46(26-38)68-31-42(56-48)33-12-15-52(3,63)16-13-33/h4-5,7-8,10-11,14,19,23-26,32-33,36-37,42-43,54,56,63H,6,9,12-13,15-18,20-22,27-31H2,1-3H3,(H,55,57)(H,58,62)/t33-,42-,43+,52-/m1/s1. The lowest BCUT2D eigenvalue weighted by atomic mass is 9.59. The number of rotatable bonds is 13. The number of hydrogen-bond acceptors (Lipinski definition) is 14. The number of carbonyl (C=O) groups excluding carboxylic acids is 1. The number of nitrogens with one attached hydrogen (secondary N) is 4. The van der Waals surface area contributed by atoms with Gasteiger partial charge in [-0.25, -0.2) is 13.1 Å². The van der Waals surface area contributed by atoms with Crippen molar-refractivity contribution >= 4 is 44.0 Å². The van der Waals surface area contributed by atoms with Crippen molar-refractivity contribution in [1.82, 2.24) is 24.9 Å². The van der Waals surface area contributed by atoms with Crippen molar-refractivity contribution < 1.29 is 37.5 Å². The van der Waals surface area contributed by atoms with Crippen LogP contribution in [0.15, 0.2) is 77.8 Å². The molecule has 1 spiro atoms. The molecule has 0 radical (unpaired) electrons. The lowest BCUT2D eigenvalue weighted by Gasteiger charge is -2.56. The van der Waals surface area contributed by atoms with E-state index in [0.29, 0.717) is 62.4 Å². The smallest absolute Gasteiger partial charge is 0.297 e. The molecule has 2 aliphatic carbocycles. The summed E-state index contributed by atoms with van der Waals surface area (Å²) in [7, 11) is -4.71. The average molecular weight is 989 g/mol. The van der Waals surface area contributed by atoms with Gasteiger partial charge in [-0.05, 0) is 130 Å². The first-order chi connectivity index (χ1) is 34.1. The number of anilines is 2. The molecule has 0 bridgehead atoms. The minimum Gasteiger partial charge on any atom is -0.489 e. The molecule has 71 heavy (non-hydrogen) atoms. The molecule has 6 aliphatic rings. The highest BCUT2D eigenvalue weighted by molar-refractivity contribution is 7.90. The predicted molar refractivity (Wildman–Crippen MR) is 269 cm³/mol. The van der Waals surface area contributed by atoms with E-state index in [1.165, 1.54) is 42.9 Å². The zero-order valence-electron chi connectivity index (χ0n) is 40.6. The van der Waals surface area contributed by atoms with E-state index in [1.54, 1.807) is 24.4 Å².